The van der Waals surface area contributed by atoms with Gasteiger partial charge in [-0.2, -0.15) is 0 Å². The van der Waals surface area contributed by atoms with Crippen molar-refractivity contribution in [3.63, 3.8) is 0 Å². The number of thiazole rings is 1. The molecule has 1 aliphatic rings. The highest BCUT2D eigenvalue weighted by Crippen LogP contribution is 2.40. The van der Waals surface area contributed by atoms with Gasteiger partial charge < -0.3 is 5.32 Å². The molecule has 6 rings (SSSR count). The number of fused-ring (bicyclic) bond motifs is 1. The quantitative estimate of drug-likeness (QED) is 0.0580. The van der Waals surface area contributed by atoms with Gasteiger partial charge in [0.1, 0.15) is 5.57 Å². The number of carbonyl (C=O) groups excluding carboxylic acids is 3. The predicted octanol–water partition coefficient (Wildman–Crippen LogP) is 7.71. The third kappa shape index (κ3) is 6.65. The first kappa shape index (κ1) is 32.0. The molecule has 2 N–H and O–H groups in total. The van der Waals surface area contributed by atoms with Crippen molar-refractivity contribution < 1.29 is 19.3 Å². The molecule has 0 atom stereocenters. The van der Waals surface area contributed by atoms with Gasteiger partial charge in [-0.25, -0.2) is 4.98 Å². The van der Waals surface area contributed by atoms with Gasteiger partial charge in [-0.15, -0.1) is 11.3 Å². The number of nitrogens with zero attached hydrogens (tertiary/aromatic N) is 3. The Kier molecular flexibility index (Phi) is 8.88. The van der Waals surface area contributed by atoms with Crippen LogP contribution in [0.5, 0.6) is 0 Å². The van der Waals surface area contributed by atoms with Crippen molar-refractivity contribution in [3.05, 3.63) is 122 Å². The maximum atomic E-state index is 13.5. The fourth-order valence-electron chi connectivity index (χ4n) is 4.74. The number of nitrogens with one attached hydrogen (secondary N) is 2. The summed E-state index contributed by atoms with van der Waals surface area (Å²) in [7, 11) is 0. The van der Waals surface area contributed by atoms with Crippen LogP contribution in [-0.4, -0.2) is 32.7 Å². The lowest BCUT2D eigenvalue weighted by Crippen LogP contribution is -2.54. The lowest BCUT2D eigenvalue weighted by molar-refractivity contribution is -0.387. The normalized spacial score (nSPS) is 14.1. The molecule has 1 aliphatic heterocycles. The number of carbonyl (C=O) groups is 3. The van der Waals surface area contributed by atoms with E-state index in [9.17, 15) is 24.5 Å². The SMILES string of the molecule is Cc1ccc(N2C(=O)/C(=C/c3ccc(Sc4nc5ccc(NC(=O)c6ccccc6Cl)cc5s4)c([N+](=O)[O-])c3)C(=O)NC2=S)cc1C. The highest BCUT2D eigenvalue weighted by Gasteiger charge is 2.34. The summed E-state index contributed by atoms with van der Waals surface area (Å²) in [5, 5.41) is 17.8. The maximum Gasteiger partial charge on any atom is 0.283 e. The van der Waals surface area contributed by atoms with Gasteiger partial charge in [0.05, 0.1) is 36.3 Å². The van der Waals surface area contributed by atoms with E-state index < -0.39 is 16.7 Å². The molecule has 1 saturated heterocycles. The van der Waals surface area contributed by atoms with Crippen LogP contribution in [0, 0.1) is 24.0 Å². The number of aryl methyl sites for hydroxylation is 2. The molecule has 0 unspecified atom stereocenters. The Morgan fingerprint density at radius 2 is 1.85 bits per heavy atom. The number of hydrogen-bond donors (Lipinski definition) is 2. The van der Waals surface area contributed by atoms with E-state index in [1.54, 1.807) is 66.7 Å². The average Bonchev–Trinajstić information content (AvgIpc) is 3.43. The van der Waals surface area contributed by atoms with Crippen molar-refractivity contribution in [2.75, 3.05) is 10.2 Å². The van der Waals surface area contributed by atoms with E-state index >= 15 is 0 Å². The summed E-state index contributed by atoms with van der Waals surface area (Å²) in [6.45, 7) is 3.84. The molecule has 10 nitrogen and oxygen atoms in total. The molecule has 0 saturated carbocycles. The van der Waals surface area contributed by atoms with E-state index in [0.717, 1.165) is 27.6 Å². The average molecular weight is 700 g/mol. The molecule has 1 aromatic heterocycles. The van der Waals surface area contributed by atoms with Crippen LogP contribution in [0.1, 0.15) is 27.0 Å². The minimum absolute atomic E-state index is 0.0518. The van der Waals surface area contributed by atoms with Crippen LogP contribution in [0.15, 0.2) is 93.7 Å². The van der Waals surface area contributed by atoms with Crippen LogP contribution in [-0.2, 0) is 9.59 Å². The lowest BCUT2D eigenvalue weighted by atomic mass is 10.0. The van der Waals surface area contributed by atoms with Crippen molar-refractivity contribution in [1.29, 1.82) is 0 Å². The van der Waals surface area contributed by atoms with Crippen molar-refractivity contribution in [2.24, 2.45) is 0 Å². The molecule has 4 aromatic carbocycles. The summed E-state index contributed by atoms with van der Waals surface area (Å²) < 4.78 is 1.31. The Bertz CT molecular complexity index is 2200. The number of nitro benzene ring substituents is 1. The third-order valence-corrected chi connectivity index (χ3v) is 10.0. The Hall–Kier alpha value is -4.95. The van der Waals surface area contributed by atoms with Crippen LogP contribution in [0.4, 0.5) is 17.1 Å². The van der Waals surface area contributed by atoms with Crippen molar-refractivity contribution in [1.82, 2.24) is 10.3 Å². The monoisotopic (exact) mass is 699 g/mol. The number of rotatable bonds is 7. The van der Waals surface area contributed by atoms with Gasteiger partial charge >= 0.3 is 0 Å². The molecule has 3 amide bonds. The van der Waals surface area contributed by atoms with E-state index in [4.69, 9.17) is 23.8 Å². The molecular weight excluding hydrogens is 678 g/mol. The number of thiocarbonyl (C=S) groups is 1. The van der Waals surface area contributed by atoms with Gasteiger partial charge in [0.15, 0.2) is 9.45 Å². The molecule has 0 radical (unpaired) electrons. The zero-order chi connectivity index (χ0) is 33.4. The van der Waals surface area contributed by atoms with Crippen molar-refractivity contribution >= 4 is 103 Å². The smallest absolute Gasteiger partial charge is 0.283 e. The van der Waals surface area contributed by atoms with Crippen LogP contribution < -0.4 is 15.5 Å². The summed E-state index contributed by atoms with van der Waals surface area (Å²) in [6.07, 6.45) is 1.31. The minimum atomic E-state index is -0.696. The van der Waals surface area contributed by atoms with E-state index in [1.165, 1.54) is 28.4 Å². The third-order valence-electron chi connectivity index (χ3n) is 7.28. The summed E-state index contributed by atoms with van der Waals surface area (Å²) in [4.78, 5) is 56.7. The van der Waals surface area contributed by atoms with E-state index in [0.29, 0.717) is 36.7 Å². The second-order valence-electron chi connectivity index (χ2n) is 10.4. The number of benzene rings is 4. The van der Waals surface area contributed by atoms with Crippen LogP contribution in [0.3, 0.4) is 0 Å². The fourth-order valence-corrected chi connectivity index (χ4v) is 7.39. The summed E-state index contributed by atoms with van der Waals surface area (Å²) in [5.41, 5.74) is 3.87. The lowest BCUT2D eigenvalue weighted by Gasteiger charge is -2.29. The van der Waals surface area contributed by atoms with Gasteiger partial charge in [0.2, 0.25) is 0 Å². The number of nitro groups is 1. The molecule has 2 heterocycles. The molecule has 47 heavy (non-hydrogen) atoms. The van der Waals surface area contributed by atoms with E-state index in [1.807, 2.05) is 19.9 Å². The molecule has 14 heteroatoms. The molecule has 5 aromatic rings. The molecular formula is C33H22ClN5O5S3. The maximum absolute atomic E-state index is 13.5. The highest BCUT2D eigenvalue weighted by atomic mass is 35.5. The predicted molar refractivity (Wildman–Crippen MR) is 188 cm³/mol. The first-order valence-corrected chi connectivity index (χ1v) is 16.3. The Morgan fingerprint density at radius 1 is 1.06 bits per heavy atom. The van der Waals surface area contributed by atoms with Gasteiger partial charge in [0.25, 0.3) is 23.4 Å². The number of aromatic nitrogens is 1. The largest absolute Gasteiger partial charge is 0.322 e. The van der Waals surface area contributed by atoms with Crippen LogP contribution in [0.25, 0.3) is 16.3 Å². The first-order chi connectivity index (χ1) is 22.5. The zero-order valence-electron chi connectivity index (χ0n) is 24.6. The number of halogens is 1. The van der Waals surface area contributed by atoms with Crippen LogP contribution in [0.2, 0.25) is 5.02 Å². The number of amides is 3. The van der Waals surface area contributed by atoms with E-state index in [2.05, 4.69) is 15.6 Å². The number of hydrogen-bond acceptors (Lipinski definition) is 9. The Balaban J connectivity index is 1.25. The zero-order valence-corrected chi connectivity index (χ0v) is 27.8. The highest BCUT2D eigenvalue weighted by molar-refractivity contribution is 8.01. The topological polar surface area (TPSA) is 135 Å². The molecule has 0 spiro atoms. The van der Waals surface area contributed by atoms with Gasteiger partial charge in [-0.05, 0) is 97.4 Å². The molecule has 0 bridgehead atoms. The van der Waals surface area contributed by atoms with Gasteiger partial charge in [0, 0.05) is 11.8 Å². The second-order valence-corrected chi connectivity index (χ2v) is 13.5. The van der Waals surface area contributed by atoms with Crippen molar-refractivity contribution in [2.45, 2.75) is 23.1 Å². The van der Waals surface area contributed by atoms with Gasteiger partial charge in [-0.3, -0.25) is 34.7 Å². The second kappa shape index (κ2) is 13.0. The van der Waals surface area contributed by atoms with Crippen LogP contribution >= 0.6 is 46.9 Å². The van der Waals surface area contributed by atoms with Gasteiger partial charge in [-0.1, -0.05) is 47.6 Å². The molecule has 0 aliphatic carbocycles. The van der Waals surface area contributed by atoms with Crippen molar-refractivity contribution in [3.8, 4) is 0 Å². The minimum Gasteiger partial charge on any atom is -0.322 e. The standard InChI is InChI=1S/C33H22ClN5O5S3/c1-17-7-10-21(13-18(17)2)38-31(42)23(30(41)37-32(38)45)14-19-8-12-27(26(15-19)39(43)44)46-33-36-25-11-9-20(16-28(25)47-33)35-29(40)22-5-3-4-6-24(22)34/h3-16H,1-2H3,(H,35,40)(H,37,41,45)/b23-14+. The summed E-state index contributed by atoms with van der Waals surface area (Å²) >= 11 is 13.9. The first-order valence-electron chi connectivity index (χ1n) is 13.9. The summed E-state index contributed by atoms with van der Waals surface area (Å²) in [5.74, 6) is -1.69. The summed E-state index contributed by atoms with van der Waals surface area (Å²) in [6, 6.07) is 21.8. The fraction of sp³-hybridized carbons (Fsp3) is 0.0606. The van der Waals surface area contributed by atoms with E-state index in [-0.39, 0.29) is 27.8 Å². The number of anilines is 2. The molecule has 1 fully saturated rings. The Morgan fingerprint density at radius 3 is 2.60 bits per heavy atom. The Labute approximate surface area is 286 Å². The molecule has 234 valence electrons.